The van der Waals surface area contributed by atoms with Gasteiger partial charge in [-0.3, -0.25) is 9.89 Å². The zero-order valence-electron chi connectivity index (χ0n) is 17.4. The summed E-state index contributed by atoms with van der Waals surface area (Å²) >= 11 is 1.70. The summed E-state index contributed by atoms with van der Waals surface area (Å²) in [6.07, 6.45) is 1.94. The van der Waals surface area contributed by atoms with Gasteiger partial charge in [0.15, 0.2) is 5.96 Å². The Kier molecular flexibility index (Phi) is 12.3. The van der Waals surface area contributed by atoms with Crippen molar-refractivity contribution in [2.24, 2.45) is 4.99 Å². The number of aromatic nitrogens is 1. The molecule has 0 saturated heterocycles. The fraction of sp³-hybridized carbons (Fsp3) is 0.524. The van der Waals surface area contributed by atoms with Crippen LogP contribution in [0.2, 0.25) is 0 Å². The molecule has 7 heteroatoms. The number of halogens is 1. The average Bonchev–Trinajstić information content (AvgIpc) is 3.11. The Labute approximate surface area is 191 Å². The van der Waals surface area contributed by atoms with Crippen LogP contribution in [0.3, 0.4) is 0 Å². The number of hydrogen-bond acceptors (Lipinski definition) is 4. The number of nitrogens with one attached hydrogen (secondary N) is 2. The molecule has 0 spiro atoms. The van der Waals surface area contributed by atoms with Gasteiger partial charge in [0.2, 0.25) is 0 Å². The van der Waals surface area contributed by atoms with Gasteiger partial charge in [-0.25, -0.2) is 4.98 Å². The molecule has 0 fully saturated rings. The molecule has 0 aliphatic carbocycles. The van der Waals surface area contributed by atoms with Crippen LogP contribution in [0.1, 0.15) is 30.1 Å². The number of benzene rings is 1. The van der Waals surface area contributed by atoms with E-state index in [1.807, 2.05) is 14.0 Å². The van der Waals surface area contributed by atoms with Gasteiger partial charge in [0, 0.05) is 38.0 Å². The van der Waals surface area contributed by atoms with Crippen LogP contribution in [-0.4, -0.2) is 55.1 Å². The molecule has 0 aliphatic heterocycles. The van der Waals surface area contributed by atoms with Crippen molar-refractivity contribution in [2.45, 2.75) is 39.7 Å². The van der Waals surface area contributed by atoms with Gasteiger partial charge in [0.1, 0.15) is 0 Å². The minimum absolute atomic E-state index is 0. The van der Waals surface area contributed by atoms with Crippen molar-refractivity contribution in [3.63, 3.8) is 0 Å². The molecule has 1 unspecified atom stereocenters. The van der Waals surface area contributed by atoms with E-state index in [2.05, 4.69) is 75.1 Å². The number of nitrogens with zero attached hydrogens (tertiary/aromatic N) is 3. The lowest BCUT2D eigenvalue weighted by molar-refractivity contribution is 0.215. The molecule has 1 heterocycles. The Hall–Kier alpha value is -1.19. The number of rotatable bonds is 10. The number of hydrogen-bond donors (Lipinski definition) is 2. The fourth-order valence-corrected chi connectivity index (χ4v) is 3.87. The standard InChI is InChI=1S/C21H33N5S.HI/c1-5-26(6-2)20(14-18-10-8-7-9-11-18)15-24-21(22-4)23-13-12-19-16-27-17(3)25-19;/h7-11,16,20H,5-6,12-15H2,1-4H3,(H2,22,23,24);1H. The van der Waals surface area contributed by atoms with E-state index in [1.54, 1.807) is 11.3 Å². The molecule has 2 N–H and O–H groups in total. The normalized spacial score (nSPS) is 12.5. The van der Waals surface area contributed by atoms with E-state index in [0.29, 0.717) is 6.04 Å². The summed E-state index contributed by atoms with van der Waals surface area (Å²) in [6, 6.07) is 11.1. The van der Waals surface area contributed by atoms with Gasteiger partial charge in [-0.1, -0.05) is 44.2 Å². The zero-order chi connectivity index (χ0) is 19.5. The summed E-state index contributed by atoms with van der Waals surface area (Å²) < 4.78 is 0. The Morgan fingerprint density at radius 2 is 1.89 bits per heavy atom. The maximum absolute atomic E-state index is 4.51. The molecule has 28 heavy (non-hydrogen) atoms. The van der Waals surface area contributed by atoms with Gasteiger partial charge in [0.05, 0.1) is 10.7 Å². The molecular weight excluding hydrogens is 481 g/mol. The van der Waals surface area contributed by atoms with Gasteiger partial charge in [-0.2, -0.15) is 0 Å². The summed E-state index contributed by atoms with van der Waals surface area (Å²) in [6.45, 7) is 10.3. The van der Waals surface area contributed by atoms with Gasteiger partial charge in [-0.05, 0) is 32.0 Å². The molecular formula is C21H34IN5S. The number of guanidine groups is 1. The summed E-state index contributed by atoms with van der Waals surface area (Å²) in [5.74, 6) is 0.854. The maximum Gasteiger partial charge on any atom is 0.191 e. The van der Waals surface area contributed by atoms with E-state index in [1.165, 1.54) is 5.56 Å². The second kappa shape index (κ2) is 13.9. The third-order valence-electron chi connectivity index (χ3n) is 4.71. The highest BCUT2D eigenvalue weighted by molar-refractivity contribution is 14.0. The van der Waals surface area contributed by atoms with Crippen LogP contribution in [-0.2, 0) is 12.8 Å². The van der Waals surface area contributed by atoms with Crippen molar-refractivity contribution in [3.05, 3.63) is 52.0 Å². The van der Waals surface area contributed by atoms with E-state index in [4.69, 9.17) is 0 Å². The quantitative estimate of drug-likeness (QED) is 0.288. The second-order valence-corrected chi connectivity index (χ2v) is 7.61. The number of aryl methyl sites for hydroxylation is 1. The second-order valence-electron chi connectivity index (χ2n) is 6.55. The Balaban J connectivity index is 0.00000392. The van der Waals surface area contributed by atoms with Crippen molar-refractivity contribution in [3.8, 4) is 0 Å². The highest BCUT2D eigenvalue weighted by Crippen LogP contribution is 2.09. The van der Waals surface area contributed by atoms with Gasteiger partial charge in [0.25, 0.3) is 0 Å². The van der Waals surface area contributed by atoms with E-state index < -0.39 is 0 Å². The Morgan fingerprint density at radius 3 is 2.46 bits per heavy atom. The third-order valence-corrected chi connectivity index (χ3v) is 5.53. The lowest BCUT2D eigenvalue weighted by Crippen LogP contribution is -2.48. The monoisotopic (exact) mass is 515 g/mol. The number of aliphatic imine (C=N–C) groups is 1. The summed E-state index contributed by atoms with van der Waals surface area (Å²) in [7, 11) is 1.83. The number of thiazole rings is 1. The molecule has 0 aliphatic rings. The van der Waals surface area contributed by atoms with Crippen LogP contribution >= 0.6 is 35.3 Å². The van der Waals surface area contributed by atoms with Crippen LogP contribution < -0.4 is 10.6 Å². The Bertz CT molecular complexity index is 685. The van der Waals surface area contributed by atoms with Crippen LogP contribution in [0.15, 0.2) is 40.7 Å². The predicted octanol–water partition coefficient (Wildman–Crippen LogP) is 3.73. The SMILES string of the molecule is CCN(CC)C(CNC(=NC)NCCc1csc(C)n1)Cc1ccccc1.I. The van der Waals surface area contributed by atoms with E-state index in [-0.39, 0.29) is 24.0 Å². The zero-order valence-corrected chi connectivity index (χ0v) is 20.6. The molecule has 2 rings (SSSR count). The molecule has 0 amide bonds. The highest BCUT2D eigenvalue weighted by atomic mass is 127. The molecule has 1 aromatic carbocycles. The van der Waals surface area contributed by atoms with Crippen LogP contribution in [0.25, 0.3) is 0 Å². The lowest BCUT2D eigenvalue weighted by Gasteiger charge is -2.30. The molecule has 0 saturated carbocycles. The Morgan fingerprint density at radius 1 is 1.18 bits per heavy atom. The first-order valence-electron chi connectivity index (χ1n) is 9.79. The first-order chi connectivity index (χ1) is 13.2. The van der Waals surface area contributed by atoms with Gasteiger partial charge in [-0.15, -0.1) is 35.3 Å². The molecule has 0 bridgehead atoms. The predicted molar refractivity (Wildman–Crippen MR) is 132 cm³/mol. The van der Waals surface area contributed by atoms with E-state index in [0.717, 1.165) is 55.7 Å². The lowest BCUT2D eigenvalue weighted by atomic mass is 10.0. The smallest absolute Gasteiger partial charge is 0.191 e. The summed E-state index contributed by atoms with van der Waals surface area (Å²) in [4.78, 5) is 11.4. The molecule has 2 aromatic rings. The van der Waals surface area contributed by atoms with Crippen molar-refractivity contribution < 1.29 is 0 Å². The summed E-state index contributed by atoms with van der Waals surface area (Å²) in [5.41, 5.74) is 2.52. The van der Waals surface area contributed by atoms with Crippen LogP contribution in [0.4, 0.5) is 0 Å². The third kappa shape index (κ3) is 8.45. The van der Waals surface area contributed by atoms with Crippen molar-refractivity contribution in [2.75, 3.05) is 33.2 Å². The molecule has 1 atom stereocenters. The largest absolute Gasteiger partial charge is 0.356 e. The first kappa shape index (κ1) is 24.8. The topological polar surface area (TPSA) is 52.5 Å². The molecule has 1 aromatic heterocycles. The highest BCUT2D eigenvalue weighted by Gasteiger charge is 2.16. The van der Waals surface area contributed by atoms with Gasteiger partial charge < -0.3 is 10.6 Å². The average molecular weight is 516 g/mol. The minimum Gasteiger partial charge on any atom is -0.356 e. The van der Waals surface area contributed by atoms with E-state index in [9.17, 15) is 0 Å². The molecule has 156 valence electrons. The molecule has 0 radical (unpaired) electrons. The van der Waals surface area contributed by atoms with Crippen LogP contribution in [0, 0.1) is 6.92 Å². The minimum atomic E-state index is 0. The van der Waals surface area contributed by atoms with Gasteiger partial charge >= 0.3 is 0 Å². The maximum atomic E-state index is 4.51. The summed E-state index contributed by atoms with van der Waals surface area (Å²) in [5, 5.41) is 10.2. The van der Waals surface area contributed by atoms with E-state index >= 15 is 0 Å². The fourth-order valence-electron chi connectivity index (χ4n) is 3.22. The van der Waals surface area contributed by atoms with Crippen molar-refractivity contribution >= 4 is 41.3 Å². The first-order valence-corrected chi connectivity index (χ1v) is 10.7. The van der Waals surface area contributed by atoms with Crippen molar-refractivity contribution in [1.29, 1.82) is 0 Å². The van der Waals surface area contributed by atoms with Crippen LogP contribution in [0.5, 0.6) is 0 Å². The molecule has 5 nitrogen and oxygen atoms in total. The van der Waals surface area contributed by atoms with Crippen molar-refractivity contribution in [1.82, 2.24) is 20.5 Å². The number of likely N-dealkylation sites (N-methyl/N-ethyl adjacent to an activating group) is 1.